The number of ether oxygens (including phenoxy) is 1. The molecule has 1 rings (SSSR count). The van der Waals surface area contributed by atoms with Crippen LogP contribution in [0.2, 0.25) is 0 Å². The zero-order valence-electron chi connectivity index (χ0n) is 10.5. The van der Waals surface area contributed by atoms with Crippen LogP contribution in [0.15, 0.2) is 0 Å². The van der Waals surface area contributed by atoms with E-state index in [1.165, 1.54) is 14.0 Å². The molecular formula is C12H16N2O4. The van der Waals surface area contributed by atoms with Crippen LogP contribution >= 0.6 is 0 Å². The second-order valence-corrected chi connectivity index (χ2v) is 4.45. The lowest BCUT2D eigenvalue weighted by molar-refractivity contribution is -0.146. The molecule has 2 atom stereocenters. The van der Waals surface area contributed by atoms with Crippen LogP contribution in [0.4, 0.5) is 0 Å². The van der Waals surface area contributed by atoms with Gasteiger partial charge in [0.25, 0.3) is 0 Å². The Morgan fingerprint density at radius 1 is 1.61 bits per heavy atom. The first-order chi connectivity index (χ1) is 8.45. The average Bonchev–Trinajstić information content (AvgIpc) is 2.69. The number of nitriles is 1. The fourth-order valence-electron chi connectivity index (χ4n) is 2.24. The third kappa shape index (κ3) is 2.86. The van der Waals surface area contributed by atoms with E-state index in [2.05, 4.69) is 10.1 Å². The standard InChI is InChI=1S/C12H16N2O4/c1-8(15)14-9(11(17)18-2)6-12(7-13)5-3-4-10(12)16/h9H,3-6H2,1-2H3,(H,14,15)/t9-,12+/m0/s1. The van der Waals surface area contributed by atoms with Crippen molar-refractivity contribution < 1.29 is 19.1 Å². The molecule has 0 unspecified atom stereocenters. The molecule has 0 heterocycles. The lowest BCUT2D eigenvalue weighted by Gasteiger charge is -2.24. The minimum atomic E-state index is -1.17. The van der Waals surface area contributed by atoms with Gasteiger partial charge in [0, 0.05) is 19.8 Å². The Bertz CT molecular complexity index is 413. The van der Waals surface area contributed by atoms with Crippen LogP contribution in [0.5, 0.6) is 0 Å². The molecule has 18 heavy (non-hydrogen) atoms. The van der Waals surface area contributed by atoms with Gasteiger partial charge in [-0.05, 0) is 12.8 Å². The third-order valence-electron chi connectivity index (χ3n) is 3.17. The number of nitrogens with zero attached hydrogens (tertiary/aromatic N) is 1. The fourth-order valence-corrected chi connectivity index (χ4v) is 2.24. The van der Waals surface area contributed by atoms with E-state index in [4.69, 9.17) is 0 Å². The van der Waals surface area contributed by atoms with Gasteiger partial charge in [-0.3, -0.25) is 9.59 Å². The Morgan fingerprint density at radius 2 is 2.28 bits per heavy atom. The summed E-state index contributed by atoms with van der Waals surface area (Å²) < 4.78 is 4.57. The summed E-state index contributed by atoms with van der Waals surface area (Å²) in [4.78, 5) is 34.4. The highest BCUT2D eigenvalue weighted by Crippen LogP contribution is 2.38. The first kappa shape index (κ1) is 14.2. The van der Waals surface area contributed by atoms with Gasteiger partial charge in [-0.2, -0.15) is 5.26 Å². The Balaban J connectivity index is 2.88. The second-order valence-electron chi connectivity index (χ2n) is 4.45. The molecule has 0 aromatic rings. The molecule has 6 heteroatoms. The van der Waals surface area contributed by atoms with E-state index in [1.807, 2.05) is 6.07 Å². The molecule has 0 aromatic heterocycles. The van der Waals surface area contributed by atoms with Crippen LogP contribution in [0.25, 0.3) is 0 Å². The van der Waals surface area contributed by atoms with Gasteiger partial charge >= 0.3 is 5.97 Å². The summed E-state index contributed by atoms with van der Waals surface area (Å²) in [5.74, 6) is -1.20. The van der Waals surface area contributed by atoms with Crippen molar-refractivity contribution in [2.75, 3.05) is 7.11 Å². The van der Waals surface area contributed by atoms with E-state index in [9.17, 15) is 19.6 Å². The van der Waals surface area contributed by atoms with Crippen molar-refractivity contribution >= 4 is 17.7 Å². The minimum absolute atomic E-state index is 0.0193. The predicted molar refractivity (Wildman–Crippen MR) is 61.1 cm³/mol. The molecule has 1 saturated carbocycles. The van der Waals surface area contributed by atoms with Crippen molar-refractivity contribution in [1.29, 1.82) is 5.26 Å². The molecule has 0 radical (unpaired) electrons. The van der Waals surface area contributed by atoms with Gasteiger partial charge in [0.1, 0.15) is 11.5 Å². The van der Waals surface area contributed by atoms with Crippen LogP contribution in [-0.4, -0.2) is 30.8 Å². The summed E-state index contributed by atoms with van der Waals surface area (Å²) in [5, 5.41) is 11.6. The smallest absolute Gasteiger partial charge is 0.328 e. The number of rotatable bonds is 4. The Hall–Kier alpha value is -1.90. The summed E-state index contributed by atoms with van der Waals surface area (Å²) in [6, 6.07) is 1.05. The Kier molecular flexibility index (Phi) is 4.43. The Labute approximate surface area is 105 Å². The topological polar surface area (TPSA) is 96.3 Å². The number of Topliss-reactive ketones (excluding diaryl/α,β-unsaturated/α-hetero) is 1. The highest BCUT2D eigenvalue weighted by Gasteiger charge is 2.45. The van der Waals surface area contributed by atoms with E-state index >= 15 is 0 Å². The second kappa shape index (κ2) is 5.63. The molecule has 0 spiro atoms. The molecule has 0 aliphatic heterocycles. The highest BCUT2D eigenvalue weighted by molar-refractivity contribution is 5.91. The van der Waals surface area contributed by atoms with E-state index in [-0.39, 0.29) is 12.2 Å². The Morgan fingerprint density at radius 3 is 2.67 bits per heavy atom. The van der Waals surface area contributed by atoms with Crippen molar-refractivity contribution in [2.45, 2.75) is 38.6 Å². The first-order valence-electron chi connectivity index (χ1n) is 5.74. The summed E-state index contributed by atoms with van der Waals surface area (Å²) >= 11 is 0. The molecule has 0 saturated heterocycles. The van der Waals surface area contributed by atoms with Gasteiger partial charge in [-0.1, -0.05) is 0 Å². The van der Waals surface area contributed by atoms with Crippen LogP contribution in [0.3, 0.4) is 0 Å². The molecule has 1 aliphatic rings. The van der Waals surface area contributed by atoms with Crippen molar-refractivity contribution in [2.24, 2.45) is 5.41 Å². The summed E-state index contributed by atoms with van der Waals surface area (Å²) in [7, 11) is 1.20. The van der Waals surface area contributed by atoms with E-state index < -0.39 is 23.3 Å². The van der Waals surface area contributed by atoms with E-state index in [1.54, 1.807) is 0 Å². The molecule has 1 aliphatic carbocycles. The van der Waals surface area contributed by atoms with Crippen LogP contribution in [0, 0.1) is 16.7 Å². The van der Waals surface area contributed by atoms with Gasteiger partial charge in [0.2, 0.25) is 5.91 Å². The van der Waals surface area contributed by atoms with E-state index in [0.29, 0.717) is 19.3 Å². The van der Waals surface area contributed by atoms with Crippen LogP contribution in [-0.2, 0) is 19.1 Å². The number of carbonyl (C=O) groups excluding carboxylic acids is 3. The quantitative estimate of drug-likeness (QED) is 0.727. The monoisotopic (exact) mass is 252 g/mol. The number of esters is 1. The SMILES string of the molecule is COC(=O)[C@H](C[C@@]1(C#N)CCCC1=O)NC(C)=O. The van der Waals surface area contributed by atoms with Crippen LogP contribution < -0.4 is 5.32 Å². The predicted octanol–water partition coefficient (Wildman–Crippen LogP) is 0.317. The molecule has 98 valence electrons. The van der Waals surface area contributed by atoms with E-state index in [0.717, 1.165) is 0 Å². The number of amides is 1. The van der Waals surface area contributed by atoms with Crippen LogP contribution in [0.1, 0.15) is 32.6 Å². The van der Waals surface area contributed by atoms with Crippen molar-refractivity contribution in [1.82, 2.24) is 5.32 Å². The van der Waals surface area contributed by atoms with Crippen molar-refractivity contribution in [3.63, 3.8) is 0 Å². The number of hydrogen-bond acceptors (Lipinski definition) is 5. The lowest BCUT2D eigenvalue weighted by Crippen LogP contribution is -2.45. The van der Waals surface area contributed by atoms with Gasteiger partial charge in [0.15, 0.2) is 5.78 Å². The minimum Gasteiger partial charge on any atom is -0.467 e. The average molecular weight is 252 g/mol. The summed E-state index contributed by atoms with van der Waals surface area (Å²) in [5.41, 5.74) is -1.17. The summed E-state index contributed by atoms with van der Waals surface area (Å²) in [6.07, 6.45) is 1.39. The van der Waals surface area contributed by atoms with Crippen molar-refractivity contribution in [3.05, 3.63) is 0 Å². The zero-order chi connectivity index (χ0) is 13.8. The maximum atomic E-state index is 11.8. The maximum Gasteiger partial charge on any atom is 0.328 e. The fraction of sp³-hybridized carbons (Fsp3) is 0.667. The number of nitrogens with one attached hydrogen (secondary N) is 1. The first-order valence-corrected chi connectivity index (χ1v) is 5.74. The molecule has 1 N–H and O–H groups in total. The maximum absolute atomic E-state index is 11.8. The molecule has 0 bridgehead atoms. The number of hydrogen-bond donors (Lipinski definition) is 1. The normalized spacial score (nSPS) is 24.2. The van der Waals surface area contributed by atoms with Gasteiger partial charge < -0.3 is 10.1 Å². The molecule has 1 fully saturated rings. The molecule has 6 nitrogen and oxygen atoms in total. The van der Waals surface area contributed by atoms with Crippen molar-refractivity contribution in [3.8, 4) is 6.07 Å². The highest BCUT2D eigenvalue weighted by atomic mass is 16.5. The molecule has 1 amide bonds. The summed E-state index contributed by atoms with van der Waals surface area (Å²) in [6.45, 7) is 1.27. The van der Waals surface area contributed by atoms with Gasteiger partial charge in [-0.25, -0.2) is 4.79 Å². The van der Waals surface area contributed by atoms with Gasteiger partial charge in [0.05, 0.1) is 13.2 Å². The largest absolute Gasteiger partial charge is 0.467 e. The molecule has 0 aromatic carbocycles. The molecular weight excluding hydrogens is 236 g/mol. The lowest BCUT2D eigenvalue weighted by atomic mass is 9.80. The number of ketones is 1. The number of methoxy groups -OCH3 is 1. The zero-order valence-corrected chi connectivity index (χ0v) is 10.5. The third-order valence-corrected chi connectivity index (χ3v) is 3.17. The van der Waals surface area contributed by atoms with Gasteiger partial charge in [-0.15, -0.1) is 0 Å². The number of carbonyl (C=O) groups is 3.